The van der Waals surface area contributed by atoms with Gasteiger partial charge in [0.05, 0.1) is 13.5 Å². The lowest BCUT2D eigenvalue weighted by Gasteiger charge is -2.17. The van der Waals surface area contributed by atoms with Crippen molar-refractivity contribution in [2.45, 2.75) is 32.5 Å². The van der Waals surface area contributed by atoms with Gasteiger partial charge in [-0.25, -0.2) is 0 Å². The highest BCUT2D eigenvalue weighted by Crippen LogP contribution is 2.31. The minimum Gasteiger partial charge on any atom is -0.496 e. The molecule has 1 rings (SSSR count). The van der Waals surface area contributed by atoms with Gasteiger partial charge in [0, 0.05) is 6.04 Å². The van der Waals surface area contributed by atoms with Crippen molar-refractivity contribution in [1.82, 2.24) is 0 Å². The van der Waals surface area contributed by atoms with Crippen molar-refractivity contribution in [2.75, 3.05) is 7.11 Å². The maximum Gasteiger partial charge on any atom is 0.390 e. The minimum atomic E-state index is -4.25. The molecule has 0 fully saturated rings. The number of hydrogen-bond donors (Lipinski definition) is 1. The fourth-order valence-corrected chi connectivity index (χ4v) is 1.89. The summed E-state index contributed by atoms with van der Waals surface area (Å²) in [7, 11) is 1.53. The zero-order chi connectivity index (χ0) is 13.2. The second kappa shape index (κ2) is 6.29. The molecule has 0 saturated heterocycles. The summed E-state index contributed by atoms with van der Waals surface area (Å²) in [5, 5.41) is 0. The molecular weight excluding hydrogens is 267 g/mol. The van der Waals surface area contributed by atoms with Crippen LogP contribution in [0.3, 0.4) is 0 Å². The molecule has 18 heavy (non-hydrogen) atoms. The number of hydrogen-bond acceptors (Lipinski definition) is 2. The summed E-state index contributed by atoms with van der Waals surface area (Å²) in [5.41, 5.74) is 7.62. The summed E-state index contributed by atoms with van der Waals surface area (Å²) in [5.74, 6) is 0.688. The summed E-state index contributed by atoms with van der Waals surface area (Å²) in [6.07, 6.45) is -5.26. The molecule has 0 aliphatic rings. The van der Waals surface area contributed by atoms with E-state index in [4.69, 9.17) is 10.5 Å². The smallest absolute Gasteiger partial charge is 0.390 e. The van der Waals surface area contributed by atoms with E-state index in [0.717, 1.165) is 11.1 Å². The van der Waals surface area contributed by atoms with E-state index in [-0.39, 0.29) is 12.4 Å². The van der Waals surface area contributed by atoms with E-state index < -0.39 is 18.6 Å². The largest absolute Gasteiger partial charge is 0.496 e. The first kappa shape index (κ1) is 17.1. The van der Waals surface area contributed by atoms with Crippen LogP contribution in [0.15, 0.2) is 12.1 Å². The average Bonchev–Trinajstić information content (AvgIpc) is 2.14. The van der Waals surface area contributed by atoms with E-state index in [1.165, 1.54) is 7.11 Å². The zero-order valence-corrected chi connectivity index (χ0v) is 11.3. The van der Waals surface area contributed by atoms with E-state index in [2.05, 4.69) is 0 Å². The van der Waals surface area contributed by atoms with E-state index >= 15 is 0 Å². The van der Waals surface area contributed by atoms with Gasteiger partial charge in [0.15, 0.2) is 0 Å². The van der Waals surface area contributed by atoms with Gasteiger partial charge in [0.2, 0.25) is 0 Å². The Morgan fingerprint density at radius 1 is 1.22 bits per heavy atom. The van der Waals surface area contributed by atoms with Crippen molar-refractivity contribution in [2.24, 2.45) is 5.73 Å². The summed E-state index contributed by atoms with van der Waals surface area (Å²) in [4.78, 5) is 0. The average molecular weight is 284 g/mol. The molecule has 1 aromatic carbocycles. The first-order chi connectivity index (χ1) is 7.74. The Kier molecular flexibility index (Phi) is 5.96. The lowest BCUT2D eigenvalue weighted by Crippen LogP contribution is -2.20. The molecule has 0 aromatic heterocycles. The summed E-state index contributed by atoms with van der Waals surface area (Å²) in [6.45, 7) is 3.57. The van der Waals surface area contributed by atoms with Crippen molar-refractivity contribution < 1.29 is 17.9 Å². The van der Waals surface area contributed by atoms with Crippen LogP contribution in [0.1, 0.15) is 29.2 Å². The molecule has 0 radical (unpaired) electrons. The Morgan fingerprint density at radius 2 is 1.67 bits per heavy atom. The third-order valence-corrected chi connectivity index (χ3v) is 2.57. The third-order valence-electron chi connectivity index (χ3n) is 2.57. The summed E-state index contributed by atoms with van der Waals surface area (Å²) >= 11 is 0. The Bertz CT molecular complexity index is 384. The van der Waals surface area contributed by atoms with Crippen molar-refractivity contribution in [3.05, 3.63) is 28.8 Å². The molecule has 1 aromatic rings. The molecule has 104 valence electrons. The first-order valence-electron chi connectivity index (χ1n) is 5.22. The van der Waals surface area contributed by atoms with Crippen LogP contribution in [0.4, 0.5) is 13.2 Å². The van der Waals surface area contributed by atoms with Crippen LogP contribution in [-0.2, 0) is 0 Å². The molecule has 2 nitrogen and oxygen atoms in total. The molecule has 0 aliphatic heterocycles. The number of methoxy groups -OCH3 is 1. The van der Waals surface area contributed by atoms with E-state index in [0.29, 0.717) is 11.3 Å². The number of halogens is 4. The monoisotopic (exact) mass is 283 g/mol. The van der Waals surface area contributed by atoms with Crippen LogP contribution in [0.2, 0.25) is 0 Å². The van der Waals surface area contributed by atoms with Crippen LogP contribution >= 0.6 is 12.4 Å². The number of nitrogens with two attached hydrogens (primary N) is 1. The fourth-order valence-electron chi connectivity index (χ4n) is 1.89. The van der Waals surface area contributed by atoms with Crippen molar-refractivity contribution in [3.63, 3.8) is 0 Å². The predicted octanol–water partition coefficient (Wildman–Crippen LogP) is 3.69. The molecular formula is C12H17ClF3NO. The van der Waals surface area contributed by atoms with Gasteiger partial charge in [-0.2, -0.15) is 13.2 Å². The van der Waals surface area contributed by atoms with Crippen molar-refractivity contribution in [3.8, 4) is 5.75 Å². The molecule has 0 spiro atoms. The molecule has 0 aliphatic carbocycles. The van der Waals surface area contributed by atoms with Gasteiger partial charge in [-0.05, 0) is 30.5 Å². The summed E-state index contributed by atoms with van der Waals surface area (Å²) in [6, 6.07) is 2.25. The maximum absolute atomic E-state index is 12.2. The van der Waals surface area contributed by atoms with Gasteiger partial charge in [0.1, 0.15) is 5.75 Å². The van der Waals surface area contributed by atoms with Gasteiger partial charge in [0.25, 0.3) is 0 Å². The Balaban J connectivity index is 0.00000289. The van der Waals surface area contributed by atoms with Crippen molar-refractivity contribution >= 4 is 12.4 Å². The normalized spacial score (nSPS) is 12.8. The second-order valence-electron chi connectivity index (χ2n) is 4.11. The first-order valence-corrected chi connectivity index (χ1v) is 5.22. The number of benzene rings is 1. The highest BCUT2D eigenvalue weighted by atomic mass is 35.5. The standard InChI is InChI=1S/C12H16F3NO.ClH/c1-7-4-9(5-8(2)11(7)17-3)10(16)6-12(13,14)15;/h4-5,10H,6,16H2,1-3H3;1H/t10-;/m1./s1. The quantitative estimate of drug-likeness (QED) is 0.918. The molecule has 6 heteroatoms. The Labute approximate surface area is 111 Å². The van der Waals surface area contributed by atoms with E-state index in [1.807, 2.05) is 0 Å². The summed E-state index contributed by atoms with van der Waals surface area (Å²) < 4.78 is 41.8. The molecule has 0 saturated carbocycles. The van der Waals surface area contributed by atoms with Gasteiger partial charge in [-0.15, -0.1) is 12.4 Å². The number of aryl methyl sites for hydroxylation is 2. The molecule has 0 amide bonds. The Morgan fingerprint density at radius 3 is 2.00 bits per heavy atom. The van der Waals surface area contributed by atoms with Crippen LogP contribution < -0.4 is 10.5 Å². The highest BCUT2D eigenvalue weighted by molar-refractivity contribution is 5.85. The predicted molar refractivity (Wildman–Crippen MR) is 67.3 cm³/mol. The number of ether oxygens (including phenoxy) is 1. The van der Waals surface area contributed by atoms with Crippen molar-refractivity contribution in [1.29, 1.82) is 0 Å². The lowest BCUT2D eigenvalue weighted by atomic mass is 9.98. The molecule has 0 heterocycles. The SMILES string of the molecule is COc1c(C)cc([C@H](N)CC(F)(F)F)cc1C.Cl. The van der Waals surface area contributed by atoms with Crippen LogP contribution in [0.5, 0.6) is 5.75 Å². The molecule has 1 atom stereocenters. The number of alkyl halides is 3. The van der Waals surface area contributed by atoms with E-state index in [9.17, 15) is 13.2 Å². The van der Waals surface area contributed by atoms with Gasteiger partial charge < -0.3 is 10.5 Å². The third kappa shape index (κ3) is 4.38. The number of rotatable bonds is 3. The molecule has 0 bridgehead atoms. The van der Waals surface area contributed by atoms with Crippen LogP contribution in [0.25, 0.3) is 0 Å². The topological polar surface area (TPSA) is 35.2 Å². The second-order valence-corrected chi connectivity index (χ2v) is 4.11. The van der Waals surface area contributed by atoms with E-state index in [1.54, 1.807) is 26.0 Å². The Hall–Kier alpha value is -0.940. The lowest BCUT2D eigenvalue weighted by molar-refractivity contribution is -0.138. The zero-order valence-electron chi connectivity index (χ0n) is 10.5. The fraction of sp³-hybridized carbons (Fsp3) is 0.500. The van der Waals surface area contributed by atoms with Crippen LogP contribution in [0, 0.1) is 13.8 Å². The van der Waals surface area contributed by atoms with Gasteiger partial charge in [-0.3, -0.25) is 0 Å². The van der Waals surface area contributed by atoms with Gasteiger partial charge >= 0.3 is 6.18 Å². The maximum atomic E-state index is 12.2. The van der Waals surface area contributed by atoms with Gasteiger partial charge in [-0.1, -0.05) is 12.1 Å². The molecule has 0 unspecified atom stereocenters. The minimum absolute atomic E-state index is 0. The highest BCUT2D eigenvalue weighted by Gasteiger charge is 2.31. The molecule has 2 N–H and O–H groups in total. The van der Waals surface area contributed by atoms with Crippen LogP contribution in [-0.4, -0.2) is 13.3 Å².